The largest absolute Gasteiger partial charge is 0.419 e. The van der Waals surface area contributed by atoms with Gasteiger partial charge in [0.1, 0.15) is 6.04 Å². The molecule has 0 saturated heterocycles. The topological polar surface area (TPSA) is 63.8 Å². The van der Waals surface area contributed by atoms with Gasteiger partial charge in [0.05, 0.1) is 0 Å². The Kier molecular flexibility index (Phi) is 3.75. The van der Waals surface area contributed by atoms with Crippen molar-refractivity contribution in [3.8, 4) is 11.5 Å². The zero-order valence-electron chi connectivity index (χ0n) is 11.9. The summed E-state index contributed by atoms with van der Waals surface area (Å²) < 4.78 is 5.82. The fraction of sp³-hybridized carbons (Fsp3) is 0.188. The van der Waals surface area contributed by atoms with Crippen LogP contribution in [0.3, 0.4) is 0 Å². The minimum absolute atomic E-state index is 0.115. The molecule has 106 valence electrons. The second-order valence-electron chi connectivity index (χ2n) is 4.76. The molecule has 0 aliphatic heterocycles. The van der Waals surface area contributed by atoms with Gasteiger partial charge in [-0.25, -0.2) is 0 Å². The number of benzene rings is 1. The summed E-state index contributed by atoms with van der Waals surface area (Å²) in [6.07, 6.45) is 1.74. The average Bonchev–Trinajstić information content (AvgIpc) is 2.99. The smallest absolute Gasteiger partial charge is 0.247 e. The molecule has 1 atom stereocenters. The summed E-state index contributed by atoms with van der Waals surface area (Å²) >= 11 is 0. The third-order valence-corrected chi connectivity index (χ3v) is 3.25. The van der Waals surface area contributed by atoms with E-state index in [-0.39, 0.29) is 6.04 Å². The van der Waals surface area contributed by atoms with Crippen molar-refractivity contribution in [1.29, 1.82) is 0 Å². The average molecular weight is 280 g/mol. The standard InChI is InChI=1S/C16H16N4O/c1-11-10-13(8-9-18-11)15-19-20-16(21-15)14(17-2)12-6-4-3-5-7-12/h3-10,14,17H,1-2H3. The SMILES string of the molecule is CNC(c1ccccc1)c1nnc(-c2ccnc(C)c2)o1. The van der Waals surface area contributed by atoms with E-state index in [0.29, 0.717) is 11.8 Å². The molecule has 1 unspecified atom stereocenters. The summed E-state index contributed by atoms with van der Waals surface area (Å²) in [5.41, 5.74) is 2.88. The van der Waals surface area contributed by atoms with Gasteiger partial charge >= 0.3 is 0 Å². The highest BCUT2D eigenvalue weighted by molar-refractivity contribution is 5.52. The van der Waals surface area contributed by atoms with Crippen molar-refractivity contribution in [3.63, 3.8) is 0 Å². The lowest BCUT2D eigenvalue weighted by Crippen LogP contribution is -2.17. The molecule has 0 radical (unpaired) electrons. The van der Waals surface area contributed by atoms with E-state index in [9.17, 15) is 0 Å². The van der Waals surface area contributed by atoms with Crippen molar-refractivity contribution in [2.75, 3.05) is 7.05 Å². The molecule has 0 aliphatic carbocycles. The van der Waals surface area contributed by atoms with Gasteiger partial charge in [-0.1, -0.05) is 30.3 Å². The van der Waals surface area contributed by atoms with Crippen LogP contribution in [0.25, 0.3) is 11.5 Å². The van der Waals surface area contributed by atoms with Crippen molar-refractivity contribution in [3.05, 3.63) is 65.8 Å². The first-order valence-electron chi connectivity index (χ1n) is 6.76. The molecule has 0 bridgehead atoms. The van der Waals surface area contributed by atoms with Crippen LogP contribution in [0.4, 0.5) is 0 Å². The van der Waals surface area contributed by atoms with Crippen LogP contribution >= 0.6 is 0 Å². The first kappa shape index (κ1) is 13.5. The highest BCUT2D eigenvalue weighted by Crippen LogP contribution is 2.24. The minimum atomic E-state index is -0.115. The predicted octanol–water partition coefficient (Wildman–Crippen LogP) is 2.75. The van der Waals surface area contributed by atoms with Gasteiger partial charge in [-0.15, -0.1) is 10.2 Å². The van der Waals surface area contributed by atoms with Crippen molar-refractivity contribution < 1.29 is 4.42 Å². The third-order valence-electron chi connectivity index (χ3n) is 3.25. The first-order chi connectivity index (χ1) is 10.3. The zero-order valence-corrected chi connectivity index (χ0v) is 11.9. The van der Waals surface area contributed by atoms with E-state index in [2.05, 4.69) is 20.5 Å². The minimum Gasteiger partial charge on any atom is -0.419 e. The van der Waals surface area contributed by atoms with E-state index in [1.165, 1.54) is 0 Å². The van der Waals surface area contributed by atoms with Crippen LogP contribution in [0, 0.1) is 6.92 Å². The van der Waals surface area contributed by atoms with Crippen molar-refractivity contribution in [2.45, 2.75) is 13.0 Å². The number of rotatable bonds is 4. The van der Waals surface area contributed by atoms with Gasteiger partial charge in [0.25, 0.3) is 0 Å². The summed E-state index contributed by atoms with van der Waals surface area (Å²) in [6.45, 7) is 1.93. The Hall–Kier alpha value is -2.53. The Balaban J connectivity index is 1.94. The molecule has 0 amide bonds. The van der Waals surface area contributed by atoms with E-state index >= 15 is 0 Å². The van der Waals surface area contributed by atoms with Gasteiger partial charge in [0, 0.05) is 17.5 Å². The highest BCUT2D eigenvalue weighted by atomic mass is 16.4. The predicted molar refractivity (Wildman–Crippen MR) is 79.6 cm³/mol. The number of nitrogens with one attached hydrogen (secondary N) is 1. The quantitative estimate of drug-likeness (QED) is 0.796. The molecule has 0 saturated carbocycles. The number of hydrogen-bond acceptors (Lipinski definition) is 5. The van der Waals surface area contributed by atoms with E-state index in [1.54, 1.807) is 6.20 Å². The van der Waals surface area contributed by atoms with Crippen molar-refractivity contribution in [2.24, 2.45) is 0 Å². The zero-order chi connectivity index (χ0) is 14.7. The summed E-state index contributed by atoms with van der Waals surface area (Å²) in [5, 5.41) is 11.5. The van der Waals surface area contributed by atoms with E-state index in [4.69, 9.17) is 4.42 Å². The molecule has 2 heterocycles. The molecule has 1 aromatic carbocycles. The number of aromatic nitrogens is 3. The Morgan fingerprint density at radius 3 is 2.62 bits per heavy atom. The van der Waals surface area contributed by atoms with Crippen LogP contribution in [0.2, 0.25) is 0 Å². The molecule has 2 aromatic heterocycles. The van der Waals surface area contributed by atoms with Crippen molar-refractivity contribution >= 4 is 0 Å². The molecule has 1 N–H and O–H groups in total. The normalized spacial score (nSPS) is 12.3. The molecule has 0 fully saturated rings. The lowest BCUT2D eigenvalue weighted by atomic mass is 10.1. The lowest BCUT2D eigenvalue weighted by Gasteiger charge is -2.11. The van der Waals surface area contributed by atoms with Crippen LogP contribution in [0.5, 0.6) is 0 Å². The Morgan fingerprint density at radius 2 is 1.90 bits per heavy atom. The molecule has 3 rings (SSSR count). The maximum absolute atomic E-state index is 5.82. The number of nitrogens with zero attached hydrogens (tertiary/aromatic N) is 3. The van der Waals surface area contributed by atoms with E-state index in [0.717, 1.165) is 16.8 Å². The maximum atomic E-state index is 5.82. The van der Waals surface area contributed by atoms with Gasteiger partial charge in [-0.3, -0.25) is 4.98 Å². The molecule has 0 aliphatic rings. The molecular weight excluding hydrogens is 264 g/mol. The fourth-order valence-corrected chi connectivity index (χ4v) is 2.22. The lowest BCUT2D eigenvalue weighted by molar-refractivity contribution is 0.456. The first-order valence-corrected chi connectivity index (χ1v) is 6.76. The van der Waals surface area contributed by atoms with Crippen LogP contribution in [0.15, 0.2) is 53.1 Å². The Morgan fingerprint density at radius 1 is 1.10 bits per heavy atom. The molecule has 5 heteroatoms. The maximum Gasteiger partial charge on any atom is 0.247 e. The van der Waals surface area contributed by atoms with Crippen LogP contribution in [-0.4, -0.2) is 22.2 Å². The number of hydrogen-bond donors (Lipinski definition) is 1. The molecule has 0 spiro atoms. The monoisotopic (exact) mass is 280 g/mol. The second-order valence-corrected chi connectivity index (χ2v) is 4.76. The van der Waals surface area contributed by atoms with Gasteiger partial charge in [0.15, 0.2) is 0 Å². The molecular formula is C16H16N4O. The number of aryl methyl sites for hydroxylation is 1. The Bertz CT molecular complexity index is 724. The van der Waals surface area contributed by atoms with Crippen LogP contribution in [0.1, 0.15) is 23.2 Å². The van der Waals surface area contributed by atoms with Crippen LogP contribution < -0.4 is 5.32 Å². The molecule has 21 heavy (non-hydrogen) atoms. The van der Waals surface area contributed by atoms with Gasteiger partial charge < -0.3 is 9.73 Å². The van der Waals surface area contributed by atoms with Crippen LogP contribution in [-0.2, 0) is 0 Å². The fourth-order valence-electron chi connectivity index (χ4n) is 2.22. The summed E-state index contributed by atoms with van der Waals surface area (Å²) in [5.74, 6) is 1.06. The van der Waals surface area contributed by atoms with E-state index < -0.39 is 0 Å². The second kappa shape index (κ2) is 5.85. The third kappa shape index (κ3) is 2.83. The summed E-state index contributed by atoms with van der Waals surface area (Å²) in [7, 11) is 1.87. The molecule has 5 nitrogen and oxygen atoms in total. The van der Waals surface area contributed by atoms with Gasteiger partial charge in [0.2, 0.25) is 11.8 Å². The van der Waals surface area contributed by atoms with Crippen molar-refractivity contribution in [1.82, 2.24) is 20.5 Å². The summed E-state index contributed by atoms with van der Waals surface area (Å²) in [4.78, 5) is 4.17. The van der Waals surface area contributed by atoms with Gasteiger partial charge in [-0.05, 0) is 31.7 Å². The summed E-state index contributed by atoms with van der Waals surface area (Å²) in [6, 6.07) is 13.7. The molecule has 3 aromatic rings. The van der Waals surface area contributed by atoms with E-state index in [1.807, 2.05) is 56.4 Å². The van der Waals surface area contributed by atoms with Gasteiger partial charge in [-0.2, -0.15) is 0 Å². The highest BCUT2D eigenvalue weighted by Gasteiger charge is 2.19. The number of pyridine rings is 1. The Labute approximate surface area is 123 Å².